The Morgan fingerprint density at radius 2 is 1.75 bits per heavy atom. The molecule has 0 aliphatic carbocycles. The Hall–Kier alpha value is -2.42. The van der Waals surface area contributed by atoms with Crippen molar-refractivity contribution >= 4 is 11.0 Å². The molecule has 5 heteroatoms. The predicted molar refractivity (Wildman–Crippen MR) is 112 cm³/mol. The monoisotopic (exact) mass is 394 g/mol. The number of hydrogen-bond acceptors (Lipinski definition) is 3. The van der Waals surface area contributed by atoms with Gasteiger partial charge in [0.2, 0.25) is 0 Å². The van der Waals surface area contributed by atoms with Crippen molar-refractivity contribution < 1.29 is 8.95 Å². The molecule has 1 aliphatic rings. The fourth-order valence-corrected chi connectivity index (χ4v) is 4.45. The van der Waals surface area contributed by atoms with E-state index in [1.165, 1.54) is 0 Å². The topological polar surface area (TPSA) is 53.3 Å². The smallest absolute Gasteiger partial charge is 0.154 e. The van der Waals surface area contributed by atoms with Gasteiger partial charge in [-0.15, -0.1) is 0 Å². The number of hydrogen-bond donors (Lipinski definition) is 0. The van der Waals surface area contributed by atoms with Crippen LogP contribution in [0, 0.1) is 18.3 Å². The lowest BCUT2D eigenvalue weighted by atomic mass is 9.87. The van der Waals surface area contributed by atoms with E-state index >= 15 is 0 Å². The lowest BCUT2D eigenvalue weighted by Gasteiger charge is -2.39. The lowest BCUT2D eigenvalue weighted by Crippen LogP contribution is -2.43. The minimum Gasteiger partial charge on any atom is -0.352 e. The van der Waals surface area contributed by atoms with Gasteiger partial charge in [-0.05, 0) is 45.4 Å². The second-order valence-corrected chi connectivity index (χ2v) is 9.39. The van der Waals surface area contributed by atoms with Gasteiger partial charge in [-0.2, -0.15) is 5.26 Å². The minimum atomic E-state index is -1.46. The number of ether oxygens (including phenoxy) is 1. The molecule has 0 amide bonds. The Bertz CT molecular complexity index is 908. The highest BCUT2D eigenvalue weighted by molar-refractivity contribution is 7.82. The molecular weight excluding hydrogens is 368 g/mol. The molecule has 0 saturated carbocycles. The van der Waals surface area contributed by atoms with Crippen molar-refractivity contribution in [3.8, 4) is 6.07 Å². The Balaban J connectivity index is 2.01. The van der Waals surface area contributed by atoms with Crippen LogP contribution in [0.5, 0.6) is 0 Å². The lowest BCUT2D eigenvalue weighted by molar-refractivity contribution is -0.103. The van der Waals surface area contributed by atoms with E-state index in [1.54, 1.807) is 10.5 Å². The van der Waals surface area contributed by atoms with E-state index < -0.39 is 22.8 Å². The highest BCUT2D eigenvalue weighted by Crippen LogP contribution is 2.38. The zero-order valence-corrected chi connectivity index (χ0v) is 17.6. The summed E-state index contributed by atoms with van der Waals surface area (Å²) in [5.74, 6) is -0.0789. The summed E-state index contributed by atoms with van der Waals surface area (Å²) in [6.07, 6.45) is 1.88. The fourth-order valence-electron chi connectivity index (χ4n) is 3.29. The van der Waals surface area contributed by atoms with Crippen molar-refractivity contribution in [1.82, 2.24) is 4.31 Å². The van der Waals surface area contributed by atoms with Crippen LogP contribution in [0.2, 0.25) is 0 Å². The average molecular weight is 395 g/mol. The molecule has 0 N–H and O–H groups in total. The summed E-state index contributed by atoms with van der Waals surface area (Å²) in [7, 11) is -1.46. The van der Waals surface area contributed by atoms with Crippen molar-refractivity contribution in [1.29, 1.82) is 5.26 Å². The molecule has 0 fully saturated rings. The molecule has 0 spiro atoms. The Kier molecular flexibility index (Phi) is 6.02. The molecule has 1 heterocycles. The van der Waals surface area contributed by atoms with Gasteiger partial charge in [0.1, 0.15) is 6.23 Å². The van der Waals surface area contributed by atoms with Crippen LogP contribution in [0.25, 0.3) is 0 Å². The summed E-state index contributed by atoms with van der Waals surface area (Å²) in [6, 6.07) is 19.9. The Labute approximate surface area is 170 Å². The van der Waals surface area contributed by atoms with Gasteiger partial charge in [0, 0.05) is 18.5 Å². The van der Waals surface area contributed by atoms with Gasteiger partial charge in [0.05, 0.1) is 22.1 Å². The van der Waals surface area contributed by atoms with Crippen LogP contribution in [0.1, 0.15) is 44.2 Å². The zero-order valence-electron chi connectivity index (χ0n) is 16.8. The molecule has 0 bridgehead atoms. The molecule has 146 valence electrons. The van der Waals surface area contributed by atoms with Crippen LogP contribution in [0.4, 0.5) is 0 Å². The normalized spacial score (nSPS) is 21.0. The first-order chi connectivity index (χ1) is 13.3. The molecule has 2 aromatic carbocycles. The first-order valence-electron chi connectivity index (χ1n) is 9.40. The molecule has 0 unspecified atom stereocenters. The highest BCUT2D eigenvalue weighted by Gasteiger charge is 2.36. The number of benzene rings is 2. The third-order valence-corrected chi connectivity index (χ3v) is 6.00. The number of rotatable bonds is 4. The van der Waals surface area contributed by atoms with Crippen molar-refractivity contribution in [3.05, 3.63) is 77.5 Å². The predicted octanol–water partition coefficient (Wildman–Crippen LogP) is 5.06. The molecule has 1 aliphatic heterocycles. The quantitative estimate of drug-likeness (QED) is 0.729. The largest absolute Gasteiger partial charge is 0.352 e. The summed E-state index contributed by atoms with van der Waals surface area (Å²) in [4.78, 5) is 0.694. The Morgan fingerprint density at radius 1 is 1.11 bits per heavy atom. The first kappa shape index (κ1) is 20.3. The first-order valence-corrected chi connectivity index (χ1v) is 10.5. The van der Waals surface area contributed by atoms with Gasteiger partial charge >= 0.3 is 0 Å². The van der Waals surface area contributed by atoms with Gasteiger partial charge in [0.15, 0.2) is 11.0 Å². The molecule has 3 atom stereocenters. The molecule has 2 aromatic rings. The number of allylic oxidation sites excluding steroid dienone is 1. The molecule has 0 aromatic heterocycles. The van der Waals surface area contributed by atoms with Crippen LogP contribution in [0.15, 0.2) is 71.3 Å². The second kappa shape index (κ2) is 8.30. The summed E-state index contributed by atoms with van der Waals surface area (Å²) in [5.41, 5.74) is 2.37. The van der Waals surface area contributed by atoms with Crippen LogP contribution < -0.4 is 0 Å². The third kappa shape index (κ3) is 4.70. The highest BCUT2D eigenvalue weighted by atomic mass is 32.2. The maximum Gasteiger partial charge on any atom is 0.154 e. The minimum absolute atomic E-state index is 0.0789. The van der Waals surface area contributed by atoms with Gasteiger partial charge < -0.3 is 4.74 Å². The number of nitriles is 1. The van der Waals surface area contributed by atoms with Crippen molar-refractivity contribution in [3.63, 3.8) is 0 Å². The van der Waals surface area contributed by atoms with Crippen molar-refractivity contribution in [2.75, 3.05) is 0 Å². The van der Waals surface area contributed by atoms with Crippen molar-refractivity contribution in [2.24, 2.45) is 0 Å². The van der Waals surface area contributed by atoms with E-state index in [9.17, 15) is 9.47 Å². The van der Waals surface area contributed by atoms with Gasteiger partial charge in [-0.3, -0.25) is 4.31 Å². The summed E-state index contributed by atoms with van der Waals surface area (Å²) in [5, 5.41) is 9.76. The standard InChI is InChI=1S/C23H26N2O2S/c1-17-10-12-20(13-11-17)28(26)25-16-19(15-24)21(18-8-6-5-7-9-18)14-22(25)27-23(2,3)4/h5-13,16,21-22H,14H2,1-4H3/t21-,22-,28+/m1/s1. The van der Waals surface area contributed by atoms with Crippen LogP contribution in [-0.4, -0.2) is 20.3 Å². The maximum absolute atomic E-state index is 13.3. The van der Waals surface area contributed by atoms with Gasteiger partial charge in [-0.25, -0.2) is 4.21 Å². The van der Waals surface area contributed by atoms with Crippen molar-refractivity contribution in [2.45, 2.75) is 56.8 Å². The SMILES string of the molecule is Cc1ccc([S@](=O)N2C=C(C#N)[C@@H](c3ccccc3)C[C@H]2OC(C)(C)C)cc1. The third-order valence-electron chi connectivity index (χ3n) is 4.60. The number of aryl methyl sites for hydroxylation is 1. The van der Waals surface area contributed by atoms with Crippen LogP contribution in [0.3, 0.4) is 0 Å². The molecule has 0 saturated heterocycles. The van der Waals surface area contributed by atoms with Gasteiger partial charge in [-0.1, -0.05) is 48.0 Å². The van der Waals surface area contributed by atoms with Gasteiger partial charge in [0.25, 0.3) is 0 Å². The van der Waals surface area contributed by atoms with E-state index in [1.807, 2.05) is 82.3 Å². The molecule has 0 radical (unpaired) electrons. The molecule has 3 rings (SSSR count). The van der Waals surface area contributed by atoms with E-state index in [0.29, 0.717) is 16.9 Å². The fraction of sp³-hybridized carbons (Fsp3) is 0.348. The van der Waals surface area contributed by atoms with E-state index in [4.69, 9.17) is 4.74 Å². The molecule has 4 nitrogen and oxygen atoms in total. The molecule has 28 heavy (non-hydrogen) atoms. The van der Waals surface area contributed by atoms with E-state index in [-0.39, 0.29) is 5.92 Å². The summed E-state index contributed by atoms with van der Waals surface area (Å²) in [6.45, 7) is 7.96. The summed E-state index contributed by atoms with van der Waals surface area (Å²) < 4.78 is 21.3. The van der Waals surface area contributed by atoms with Crippen LogP contribution in [-0.2, 0) is 15.7 Å². The summed E-state index contributed by atoms with van der Waals surface area (Å²) >= 11 is 0. The van der Waals surface area contributed by atoms with E-state index in [2.05, 4.69) is 6.07 Å². The molecular formula is C23H26N2O2S. The maximum atomic E-state index is 13.3. The number of nitrogens with zero attached hydrogens (tertiary/aromatic N) is 2. The Morgan fingerprint density at radius 3 is 2.32 bits per heavy atom. The van der Waals surface area contributed by atoms with Crippen LogP contribution >= 0.6 is 0 Å². The average Bonchev–Trinajstić information content (AvgIpc) is 2.67. The second-order valence-electron chi connectivity index (χ2n) is 8.00. The zero-order chi connectivity index (χ0) is 20.3. The van der Waals surface area contributed by atoms with E-state index in [0.717, 1.165) is 11.1 Å².